The number of hydrogen-bond donors (Lipinski definition) is 1. The number of thiophene rings is 1. The van der Waals surface area contributed by atoms with E-state index in [2.05, 4.69) is 5.32 Å². The van der Waals surface area contributed by atoms with Crippen LogP contribution >= 0.6 is 11.3 Å². The van der Waals surface area contributed by atoms with Gasteiger partial charge in [-0.25, -0.2) is 4.79 Å². The van der Waals surface area contributed by atoms with Gasteiger partial charge in [-0.3, -0.25) is 19.3 Å². The van der Waals surface area contributed by atoms with Gasteiger partial charge in [0.15, 0.2) is 0 Å². The summed E-state index contributed by atoms with van der Waals surface area (Å²) < 4.78 is 10.2. The second-order valence-electron chi connectivity index (χ2n) is 7.90. The number of anilines is 1. The SMILES string of the molecule is COC(=O)c1c(NC(=O)c2ccc3c(c2)C(=O)N(Cc2ccco2)C3=O)sc2c1CCCC2. The molecule has 3 amide bonds. The number of hydrogen-bond acceptors (Lipinski definition) is 7. The number of nitrogens with zero attached hydrogens (tertiary/aromatic N) is 1. The zero-order chi connectivity index (χ0) is 23.1. The predicted octanol–water partition coefficient (Wildman–Crippen LogP) is 4.06. The molecule has 168 valence electrons. The van der Waals surface area contributed by atoms with Crippen molar-refractivity contribution >= 4 is 40.0 Å². The molecule has 0 unspecified atom stereocenters. The van der Waals surface area contributed by atoms with Crippen molar-refractivity contribution in [3.8, 4) is 0 Å². The quantitative estimate of drug-likeness (QED) is 0.451. The third-order valence-corrected chi connectivity index (χ3v) is 7.12. The lowest BCUT2D eigenvalue weighted by atomic mass is 9.95. The molecule has 0 bridgehead atoms. The Bertz CT molecular complexity index is 1290. The molecule has 3 heterocycles. The van der Waals surface area contributed by atoms with Crippen molar-refractivity contribution in [2.24, 2.45) is 0 Å². The molecule has 8 nitrogen and oxygen atoms in total. The fourth-order valence-corrected chi connectivity index (χ4v) is 5.55. The zero-order valence-corrected chi connectivity index (χ0v) is 18.6. The molecule has 3 aromatic rings. The van der Waals surface area contributed by atoms with Gasteiger partial charge in [-0.1, -0.05) is 0 Å². The maximum absolute atomic E-state index is 13.0. The van der Waals surface area contributed by atoms with E-state index in [9.17, 15) is 19.2 Å². The summed E-state index contributed by atoms with van der Waals surface area (Å²) in [6.45, 7) is 0.0180. The number of rotatable bonds is 5. The van der Waals surface area contributed by atoms with Crippen molar-refractivity contribution in [3.63, 3.8) is 0 Å². The van der Waals surface area contributed by atoms with Crippen molar-refractivity contribution in [1.82, 2.24) is 4.90 Å². The lowest BCUT2D eigenvalue weighted by molar-refractivity contribution is 0.0597. The van der Waals surface area contributed by atoms with Gasteiger partial charge in [-0.15, -0.1) is 11.3 Å². The van der Waals surface area contributed by atoms with Crippen LogP contribution in [0.2, 0.25) is 0 Å². The van der Waals surface area contributed by atoms with Crippen molar-refractivity contribution in [2.45, 2.75) is 32.2 Å². The van der Waals surface area contributed by atoms with Gasteiger partial charge < -0.3 is 14.5 Å². The number of carbonyl (C=O) groups excluding carboxylic acids is 4. The molecule has 33 heavy (non-hydrogen) atoms. The zero-order valence-electron chi connectivity index (χ0n) is 17.8. The Morgan fingerprint density at radius 2 is 1.91 bits per heavy atom. The van der Waals surface area contributed by atoms with E-state index in [1.807, 2.05) is 0 Å². The molecule has 5 rings (SSSR count). The van der Waals surface area contributed by atoms with E-state index in [1.54, 1.807) is 12.1 Å². The molecule has 0 saturated carbocycles. The largest absolute Gasteiger partial charge is 0.467 e. The van der Waals surface area contributed by atoms with E-state index in [0.717, 1.165) is 41.0 Å². The standard InChI is InChI=1S/C24H20N2O6S/c1-31-24(30)19-16-6-2-3-7-18(16)33-21(19)25-20(27)13-8-9-15-17(11-13)23(29)26(22(15)28)12-14-5-4-10-32-14/h4-5,8-11H,2-3,6-7,12H2,1H3,(H,25,27). The molecule has 2 aliphatic rings. The number of imide groups is 1. The summed E-state index contributed by atoms with van der Waals surface area (Å²) in [5, 5.41) is 3.26. The van der Waals surface area contributed by atoms with Crippen LogP contribution < -0.4 is 5.32 Å². The number of furan rings is 1. The molecule has 1 N–H and O–H groups in total. The second-order valence-corrected chi connectivity index (χ2v) is 9.00. The van der Waals surface area contributed by atoms with Gasteiger partial charge in [-0.2, -0.15) is 0 Å². The van der Waals surface area contributed by atoms with Crippen LogP contribution in [0.4, 0.5) is 5.00 Å². The number of esters is 1. The summed E-state index contributed by atoms with van der Waals surface area (Å²) in [7, 11) is 1.32. The minimum Gasteiger partial charge on any atom is -0.467 e. The van der Waals surface area contributed by atoms with Crippen LogP contribution in [0.25, 0.3) is 0 Å². The molecular formula is C24H20N2O6S. The predicted molar refractivity (Wildman–Crippen MR) is 120 cm³/mol. The van der Waals surface area contributed by atoms with Gasteiger partial charge in [-0.05, 0) is 61.6 Å². The summed E-state index contributed by atoms with van der Waals surface area (Å²) in [5.41, 5.74) is 1.97. The lowest BCUT2D eigenvalue weighted by Gasteiger charge is -2.11. The summed E-state index contributed by atoms with van der Waals surface area (Å²) in [4.78, 5) is 53.2. The average Bonchev–Trinajstić information content (AvgIpc) is 3.53. The first-order chi connectivity index (χ1) is 16.0. The lowest BCUT2D eigenvalue weighted by Crippen LogP contribution is -2.28. The Kier molecular flexibility index (Phi) is 5.33. The van der Waals surface area contributed by atoms with Crippen LogP contribution in [0.15, 0.2) is 41.0 Å². The molecule has 0 spiro atoms. The molecule has 0 saturated heterocycles. The minimum absolute atomic E-state index is 0.0180. The van der Waals surface area contributed by atoms with E-state index in [-0.39, 0.29) is 23.2 Å². The molecule has 1 aromatic carbocycles. The first-order valence-electron chi connectivity index (χ1n) is 10.5. The van der Waals surface area contributed by atoms with Gasteiger partial charge in [0.25, 0.3) is 17.7 Å². The summed E-state index contributed by atoms with van der Waals surface area (Å²) in [6, 6.07) is 7.76. The molecular weight excluding hydrogens is 444 g/mol. The van der Waals surface area contributed by atoms with Crippen LogP contribution in [-0.2, 0) is 24.1 Å². The van der Waals surface area contributed by atoms with Crippen LogP contribution in [0.3, 0.4) is 0 Å². The molecule has 0 atom stereocenters. The minimum atomic E-state index is -0.483. The first kappa shape index (κ1) is 21.1. The second kappa shape index (κ2) is 8.32. The van der Waals surface area contributed by atoms with Gasteiger partial charge in [0.1, 0.15) is 10.8 Å². The van der Waals surface area contributed by atoms with E-state index in [0.29, 0.717) is 16.3 Å². The van der Waals surface area contributed by atoms with E-state index in [1.165, 1.54) is 42.9 Å². The number of amides is 3. The van der Waals surface area contributed by atoms with Crippen molar-refractivity contribution in [1.29, 1.82) is 0 Å². The fourth-order valence-electron chi connectivity index (χ4n) is 4.28. The summed E-state index contributed by atoms with van der Waals surface area (Å²) in [6.07, 6.45) is 5.13. The number of benzene rings is 1. The van der Waals surface area contributed by atoms with Crippen LogP contribution in [0.1, 0.15) is 70.5 Å². The van der Waals surface area contributed by atoms with Gasteiger partial charge >= 0.3 is 5.97 Å². The van der Waals surface area contributed by atoms with E-state index in [4.69, 9.17) is 9.15 Å². The Balaban J connectivity index is 1.41. The fraction of sp³-hybridized carbons (Fsp3) is 0.250. The smallest absolute Gasteiger partial charge is 0.341 e. The highest BCUT2D eigenvalue weighted by Gasteiger charge is 2.36. The maximum Gasteiger partial charge on any atom is 0.341 e. The highest BCUT2D eigenvalue weighted by Crippen LogP contribution is 2.39. The third kappa shape index (κ3) is 3.64. The topological polar surface area (TPSA) is 106 Å². The number of methoxy groups -OCH3 is 1. The van der Waals surface area contributed by atoms with Gasteiger partial charge in [0, 0.05) is 10.4 Å². The Morgan fingerprint density at radius 1 is 1.12 bits per heavy atom. The Labute approximate surface area is 193 Å². The Morgan fingerprint density at radius 3 is 2.67 bits per heavy atom. The molecule has 1 aliphatic heterocycles. The highest BCUT2D eigenvalue weighted by molar-refractivity contribution is 7.17. The molecule has 9 heteroatoms. The summed E-state index contributed by atoms with van der Waals surface area (Å²) in [5.74, 6) is -1.38. The average molecular weight is 464 g/mol. The normalized spacial score (nSPS) is 14.8. The van der Waals surface area contributed by atoms with Crippen molar-refractivity contribution in [3.05, 3.63) is 75.0 Å². The summed E-state index contributed by atoms with van der Waals surface area (Å²) >= 11 is 1.39. The molecule has 0 fully saturated rings. The number of fused-ring (bicyclic) bond motifs is 2. The van der Waals surface area contributed by atoms with Crippen LogP contribution in [0, 0.1) is 0 Å². The monoisotopic (exact) mass is 464 g/mol. The first-order valence-corrected chi connectivity index (χ1v) is 11.4. The number of aryl methyl sites for hydroxylation is 1. The highest BCUT2D eigenvalue weighted by atomic mass is 32.1. The van der Waals surface area contributed by atoms with Gasteiger partial charge in [0.05, 0.1) is 36.6 Å². The van der Waals surface area contributed by atoms with Crippen molar-refractivity contribution < 1.29 is 28.3 Å². The number of carbonyl (C=O) groups is 4. The number of nitrogens with one attached hydrogen (secondary N) is 1. The third-order valence-electron chi connectivity index (χ3n) is 5.91. The van der Waals surface area contributed by atoms with E-state index >= 15 is 0 Å². The van der Waals surface area contributed by atoms with Gasteiger partial charge in [0.2, 0.25) is 0 Å². The van der Waals surface area contributed by atoms with Crippen LogP contribution in [0.5, 0.6) is 0 Å². The number of ether oxygens (including phenoxy) is 1. The Hall–Kier alpha value is -3.72. The molecule has 0 radical (unpaired) electrons. The van der Waals surface area contributed by atoms with E-state index < -0.39 is 23.7 Å². The molecule has 2 aromatic heterocycles. The maximum atomic E-state index is 13.0. The molecule has 1 aliphatic carbocycles. The van der Waals surface area contributed by atoms with Crippen molar-refractivity contribution in [2.75, 3.05) is 12.4 Å². The van der Waals surface area contributed by atoms with Crippen LogP contribution in [-0.4, -0.2) is 35.7 Å².